The van der Waals surface area contributed by atoms with Gasteiger partial charge in [-0.15, -0.1) is 16.4 Å². The van der Waals surface area contributed by atoms with E-state index in [1.54, 1.807) is 29.1 Å². The maximum Gasteiger partial charge on any atom is 0.435 e. The molecule has 0 atom stereocenters. The Hall–Kier alpha value is -2.49. The van der Waals surface area contributed by atoms with Crippen LogP contribution in [0.1, 0.15) is 34.1 Å². The van der Waals surface area contributed by atoms with Gasteiger partial charge in [0.25, 0.3) is 0 Å². The van der Waals surface area contributed by atoms with Gasteiger partial charge in [0.1, 0.15) is 11.2 Å². The largest absolute Gasteiger partial charge is 0.435 e. The first-order valence-corrected chi connectivity index (χ1v) is 9.48. The normalized spacial score (nSPS) is 14.5. The maximum absolute atomic E-state index is 12.8. The Bertz CT molecular complexity index is 1170. The van der Waals surface area contributed by atoms with Crippen molar-refractivity contribution < 1.29 is 13.2 Å². The number of hydrogen-bond acceptors (Lipinski definition) is 5. The van der Waals surface area contributed by atoms with E-state index in [2.05, 4.69) is 20.2 Å². The molecule has 0 aromatic carbocycles. The Morgan fingerprint density at radius 3 is 2.85 bits per heavy atom. The Labute approximate surface area is 155 Å². The van der Waals surface area contributed by atoms with Gasteiger partial charge in [0.2, 0.25) is 0 Å². The quantitative estimate of drug-likeness (QED) is 0.535. The molecule has 0 spiro atoms. The molecule has 10 heteroatoms. The third-order valence-electron chi connectivity index (χ3n) is 4.90. The summed E-state index contributed by atoms with van der Waals surface area (Å²) in [6, 6.07) is 1.05. The number of fused-ring (bicyclic) bond motifs is 5. The van der Waals surface area contributed by atoms with Crippen molar-refractivity contribution in [3.8, 4) is 0 Å². The van der Waals surface area contributed by atoms with Gasteiger partial charge in [0.05, 0.1) is 5.39 Å². The lowest BCUT2D eigenvalue weighted by Crippen LogP contribution is -2.10. The zero-order chi connectivity index (χ0) is 18.8. The van der Waals surface area contributed by atoms with Crippen LogP contribution in [-0.4, -0.2) is 29.4 Å². The van der Waals surface area contributed by atoms with Crippen LogP contribution in [-0.2, 0) is 32.0 Å². The Balaban J connectivity index is 1.46. The van der Waals surface area contributed by atoms with Crippen molar-refractivity contribution in [2.45, 2.75) is 45.3 Å². The lowest BCUT2D eigenvalue weighted by Gasteiger charge is -2.02. The molecule has 0 amide bonds. The maximum atomic E-state index is 12.8. The van der Waals surface area contributed by atoms with Crippen LogP contribution in [0.5, 0.6) is 0 Å². The van der Waals surface area contributed by atoms with Gasteiger partial charge in [-0.05, 0) is 37.8 Å². The van der Waals surface area contributed by atoms with Crippen LogP contribution in [0.4, 0.5) is 13.2 Å². The van der Waals surface area contributed by atoms with Crippen molar-refractivity contribution in [2.75, 3.05) is 0 Å². The molecule has 0 aliphatic heterocycles. The number of aryl methyl sites for hydroxylation is 5. The highest BCUT2D eigenvalue weighted by molar-refractivity contribution is 7.19. The Morgan fingerprint density at radius 2 is 2.07 bits per heavy atom. The zero-order valence-electron chi connectivity index (χ0n) is 14.4. The van der Waals surface area contributed by atoms with E-state index in [-0.39, 0.29) is 6.54 Å². The number of thiophene rings is 1. The molecule has 4 aromatic rings. The van der Waals surface area contributed by atoms with Gasteiger partial charge in [-0.1, -0.05) is 0 Å². The van der Waals surface area contributed by atoms with Crippen molar-refractivity contribution in [3.63, 3.8) is 0 Å². The van der Waals surface area contributed by atoms with Crippen molar-refractivity contribution in [1.82, 2.24) is 29.4 Å². The SMILES string of the molecule is Cc1cc(C(F)(F)F)nn1CCc1nc2c3c4c(sc3ncn2n1)CCC4. The molecule has 6 nitrogen and oxygen atoms in total. The lowest BCUT2D eigenvalue weighted by molar-refractivity contribution is -0.141. The summed E-state index contributed by atoms with van der Waals surface area (Å²) in [6.45, 7) is 1.90. The van der Waals surface area contributed by atoms with Crippen molar-refractivity contribution >= 4 is 27.2 Å². The number of hydrogen-bond donors (Lipinski definition) is 0. The molecule has 1 aliphatic carbocycles. The number of aromatic nitrogens is 6. The van der Waals surface area contributed by atoms with Gasteiger partial charge >= 0.3 is 6.18 Å². The Kier molecular flexibility index (Phi) is 3.55. The molecular weight excluding hydrogens is 377 g/mol. The monoisotopic (exact) mass is 392 g/mol. The van der Waals surface area contributed by atoms with E-state index in [0.717, 1.165) is 41.2 Å². The summed E-state index contributed by atoms with van der Waals surface area (Å²) >= 11 is 1.71. The molecule has 5 rings (SSSR count). The first-order chi connectivity index (χ1) is 12.9. The first-order valence-electron chi connectivity index (χ1n) is 8.66. The van der Waals surface area contributed by atoms with Crippen molar-refractivity contribution in [3.05, 3.63) is 40.0 Å². The molecule has 0 saturated heterocycles. The molecule has 0 fully saturated rings. The lowest BCUT2D eigenvalue weighted by atomic mass is 10.2. The van der Waals surface area contributed by atoms with Gasteiger partial charge in [0.15, 0.2) is 17.2 Å². The first kappa shape index (κ1) is 16.7. The fraction of sp³-hybridized carbons (Fsp3) is 0.412. The zero-order valence-corrected chi connectivity index (χ0v) is 15.2. The predicted octanol–water partition coefficient (Wildman–Crippen LogP) is 3.59. The average Bonchev–Trinajstić information content (AvgIpc) is 3.33. The van der Waals surface area contributed by atoms with Gasteiger partial charge in [0, 0.05) is 23.5 Å². The van der Waals surface area contributed by atoms with E-state index in [4.69, 9.17) is 0 Å². The van der Waals surface area contributed by atoms with Crippen molar-refractivity contribution in [1.29, 1.82) is 0 Å². The highest BCUT2D eigenvalue weighted by atomic mass is 32.1. The van der Waals surface area contributed by atoms with Crippen molar-refractivity contribution in [2.24, 2.45) is 0 Å². The van der Waals surface area contributed by atoms with Crippen LogP contribution in [0, 0.1) is 6.92 Å². The summed E-state index contributed by atoms with van der Waals surface area (Å²) < 4.78 is 41.4. The molecule has 0 radical (unpaired) electrons. The van der Waals surface area contributed by atoms with E-state index < -0.39 is 11.9 Å². The van der Waals surface area contributed by atoms with Crippen LogP contribution in [0.15, 0.2) is 12.4 Å². The van der Waals surface area contributed by atoms with Gasteiger partial charge in [-0.3, -0.25) is 4.68 Å². The van der Waals surface area contributed by atoms with Crippen LogP contribution in [0.3, 0.4) is 0 Å². The number of halogens is 3. The summed E-state index contributed by atoms with van der Waals surface area (Å²) in [4.78, 5) is 11.5. The molecular formula is C17H15F3N6S. The van der Waals surface area contributed by atoms with Gasteiger partial charge in [-0.2, -0.15) is 18.3 Å². The summed E-state index contributed by atoms with van der Waals surface area (Å²) in [5.41, 5.74) is 1.70. The summed E-state index contributed by atoms with van der Waals surface area (Å²) in [5, 5.41) is 9.18. The third-order valence-corrected chi connectivity index (χ3v) is 6.10. The highest BCUT2D eigenvalue weighted by Crippen LogP contribution is 2.37. The molecule has 1 aliphatic rings. The van der Waals surface area contributed by atoms with Gasteiger partial charge < -0.3 is 0 Å². The minimum atomic E-state index is -4.44. The average molecular weight is 392 g/mol. The summed E-state index contributed by atoms with van der Waals surface area (Å²) in [5.74, 6) is 0.575. The Morgan fingerprint density at radius 1 is 1.22 bits per heavy atom. The minimum Gasteiger partial charge on any atom is -0.269 e. The second kappa shape index (κ2) is 5.75. The summed E-state index contributed by atoms with van der Waals surface area (Å²) in [6.07, 6.45) is 0.887. The number of rotatable bonds is 3. The van der Waals surface area contributed by atoms with Gasteiger partial charge in [-0.25, -0.2) is 14.5 Å². The van der Waals surface area contributed by atoms with E-state index in [9.17, 15) is 13.2 Å². The molecule has 27 heavy (non-hydrogen) atoms. The van der Waals surface area contributed by atoms with Crippen LogP contribution in [0.2, 0.25) is 0 Å². The standard InChI is InChI=1S/C17H15F3N6S/c1-9-7-12(17(18,19)20)23-25(9)6-5-13-22-15-14-10-3-2-4-11(10)27-16(14)21-8-26(15)24-13/h7-8H,2-6H2,1H3. The molecule has 0 unspecified atom stereocenters. The van der Waals surface area contributed by atoms with Crippen LogP contribution in [0.25, 0.3) is 15.9 Å². The van der Waals surface area contributed by atoms with Crippen LogP contribution < -0.4 is 0 Å². The fourth-order valence-corrected chi connectivity index (χ4v) is 4.85. The molecule has 0 bridgehead atoms. The van der Waals surface area contributed by atoms with E-state index in [1.165, 1.54) is 15.1 Å². The molecule has 4 aromatic heterocycles. The smallest absolute Gasteiger partial charge is 0.269 e. The molecule has 140 valence electrons. The highest BCUT2D eigenvalue weighted by Gasteiger charge is 2.34. The van der Waals surface area contributed by atoms with E-state index in [0.29, 0.717) is 17.9 Å². The fourth-order valence-electron chi connectivity index (χ4n) is 3.62. The van der Waals surface area contributed by atoms with E-state index >= 15 is 0 Å². The summed E-state index contributed by atoms with van der Waals surface area (Å²) in [7, 11) is 0. The molecule has 4 heterocycles. The molecule has 0 N–H and O–H groups in total. The second-order valence-electron chi connectivity index (χ2n) is 6.72. The number of alkyl halides is 3. The number of nitrogens with zero attached hydrogens (tertiary/aromatic N) is 6. The van der Waals surface area contributed by atoms with Crippen LogP contribution >= 0.6 is 11.3 Å². The third kappa shape index (κ3) is 2.70. The van der Waals surface area contributed by atoms with E-state index in [1.807, 2.05) is 0 Å². The molecule has 0 saturated carbocycles. The topological polar surface area (TPSA) is 60.9 Å². The predicted molar refractivity (Wildman–Crippen MR) is 93.9 cm³/mol. The second-order valence-corrected chi connectivity index (χ2v) is 7.80. The minimum absolute atomic E-state index is 0.289.